The number of aliphatic hydroxyl groups is 3. The van der Waals surface area contributed by atoms with Crippen LogP contribution in [0, 0.1) is 5.92 Å². The first kappa shape index (κ1) is 15.4. The standard InChI is InChI=1S/C12H22O6/c1-3-7(4-2)12(16)17-6-9-11(15)8(13)5-10(14)18-9/h7-11,13-15H,3-6H2,1-2H3. The Morgan fingerprint density at radius 3 is 2.50 bits per heavy atom. The summed E-state index contributed by atoms with van der Waals surface area (Å²) >= 11 is 0. The highest BCUT2D eigenvalue weighted by molar-refractivity contribution is 5.72. The van der Waals surface area contributed by atoms with Crippen molar-refractivity contribution >= 4 is 5.97 Å². The third-order valence-electron chi connectivity index (χ3n) is 3.26. The van der Waals surface area contributed by atoms with E-state index in [0.29, 0.717) is 12.8 Å². The highest BCUT2D eigenvalue weighted by Crippen LogP contribution is 2.20. The average molecular weight is 262 g/mol. The zero-order chi connectivity index (χ0) is 13.7. The maximum Gasteiger partial charge on any atom is 0.309 e. The van der Waals surface area contributed by atoms with Gasteiger partial charge in [-0.1, -0.05) is 13.8 Å². The van der Waals surface area contributed by atoms with Crippen LogP contribution < -0.4 is 0 Å². The Bertz CT molecular complexity index is 265. The van der Waals surface area contributed by atoms with Gasteiger partial charge in [-0.15, -0.1) is 0 Å². The molecule has 0 aliphatic carbocycles. The van der Waals surface area contributed by atoms with Crippen LogP contribution in [0.4, 0.5) is 0 Å². The molecule has 106 valence electrons. The second-order valence-corrected chi connectivity index (χ2v) is 4.57. The first-order valence-corrected chi connectivity index (χ1v) is 6.35. The van der Waals surface area contributed by atoms with Crippen LogP contribution in [0.2, 0.25) is 0 Å². The lowest BCUT2D eigenvalue weighted by Crippen LogP contribution is -2.50. The van der Waals surface area contributed by atoms with Gasteiger partial charge in [0.2, 0.25) is 0 Å². The largest absolute Gasteiger partial charge is 0.463 e. The number of ether oxygens (including phenoxy) is 2. The van der Waals surface area contributed by atoms with E-state index in [-0.39, 0.29) is 24.9 Å². The summed E-state index contributed by atoms with van der Waals surface area (Å²) in [7, 11) is 0. The second kappa shape index (κ2) is 7.04. The number of esters is 1. The lowest BCUT2D eigenvalue weighted by molar-refractivity contribution is -0.242. The molecule has 0 aromatic carbocycles. The minimum absolute atomic E-state index is 0.0435. The van der Waals surface area contributed by atoms with Crippen LogP contribution >= 0.6 is 0 Å². The fraction of sp³-hybridized carbons (Fsp3) is 0.917. The number of hydrogen-bond donors (Lipinski definition) is 3. The van der Waals surface area contributed by atoms with Crippen molar-refractivity contribution in [3.63, 3.8) is 0 Å². The maximum atomic E-state index is 11.6. The van der Waals surface area contributed by atoms with Gasteiger partial charge in [-0.2, -0.15) is 0 Å². The molecule has 1 aliphatic heterocycles. The highest BCUT2D eigenvalue weighted by Gasteiger charge is 2.36. The summed E-state index contributed by atoms with van der Waals surface area (Å²) in [6, 6.07) is 0. The van der Waals surface area contributed by atoms with E-state index in [9.17, 15) is 20.1 Å². The van der Waals surface area contributed by atoms with Crippen molar-refractivity contribution in [3.8, 4) is 0 Å². The molecule has 6 heteroatoms. The lowest BCUT2D eigenvalue weighted by atomic mass is 10.0. The van der Waals surface area contributed by atoms with Crippen molar-refractivity contribution in [1.82, 2.24) is 0 Å². The molecule has 0 saturated carbocycles. The molecule has 4 atom stereocenters. The van der Waals surface area contributed by atoms with Crippen molar-refractivity contribution < 1.29 is 29.6 Å². The molecule has 1 saturated heterocycles. The first-order chi connectivity index (χ1) is 8.49. The molecule has 0 aromatic heterocycles. The molecule has 0 amide bonds. The number of hydrogen-bond acceptors (Lipinski definition) is 6. The smallest absolute Gasteiger partial charge is 0.309 e. The first-order valence-electron chi connectivity index (χ1n) is 6.35. The van der Waals surface area contributed by atoms with E-state index in [1.54, 1.807) is 0 Å². The summed E-state index contributed by atoms with van der Waals surface area (Å²) in [4.78, 5) is 11.6. The molecule has 0 radical (unpaired) electrons. The Labute approximate surface area is 107 Å². The van der Waals surface area contributed by atoms with Gasteiger partial charge in [0.05, 0.1) is 12.0 Å². The highest BCUT2D eigenvalue weighted by atomic mass is 16.6. The third-order valence-corrected chi connectivity index (χ3v) is 3.26. The number of carbonyl (C=O) groups is 1. The van der Waals surface area contributed by atoms with Gasteiger partial charge in [0.15, 0.2) is 6.29 Å². The quantitative estimate of drug-likeness (QED) is 0.594. The van der Waals surface area contributed by atoms with Crippen molar-refractivity contribution in [3.05, 3.63) is 0 Å². The van der Waals surface area contributed by atoms with Crippen LogP contribution in [-0.2, 0) is 14.3 Å². The number of carbonyl (C=O) groups excluding carboxylic acids is 1. The van der Waals surface area contributed by atoms with E-state index in [1.807, 2.05) is 13.8 Å². The summed E-state index contributed by atoms with van der Waals surface area (Å²) in [6.45, 7) is 3.63. The zero-order valence-corrected chi connectivity index (χ0v) is 10.8. The van der Waals surface area contributed by atoms with Gasteiger partial charge in [-0.05, 0) is 12.8 Å². The van der Waals surface area contributed by atoms with Crippen molar-refractivity contribution in [1.29, 1.82) is 0 Å². The van der Waals surface area contributed by atoms with Gasteiger partial charge >= 0.3 is 5.97 Å². The predicted octanol–water partition coefficient (Wildman–Crippen LogP) is -0.205. The molecule has 0 bridgehead atoms. The van der Waals surface area contributed by atoms with Gasteiger partial charge in [0.1, 0.15) is 18.8 Å². The summed E-state index contributed by atoms with van der Waals surface area (Å²) in [6.07, 6.45) is -2.91. The summed E-state index contributed by atoms with van der Waals surface area (Å²) in [5.41, 5.74) is 0. The molecule has 1 aliphatic rings. The molecule has 1 fully saturated rings. The van der Waals surface area contributed by atoms with Gasteiger partial charge in [0, 0.05) is 6.42 Å². The number of aliphatic hydroxyl groups excluding tert-OH is 3. The summed E-state index contributed by atoms with van der Waals surface area (Å²) in [5.74, 6) is -0.508. The van der Waals surface area contributed by atoms with E-state index in [4.69, 9.17) is 9.47 Å². The molecule has 18 heavy (non-hydrogen) atoms. The molecule has 4 unspecified atom stereocenters. The lowest BCUT2D eigenvalue weighted by Gasteiger charge is -2.34. The average Bonchev–Trinajstić information content (AvgIpc) is 2.33. The van der Waals surface area contributed by atoms with E-state index in [1.165, 1.54) is 0 Å². The summed E-state index contributed by atoms with van der Waals surface area (Å²) in [5, 5.41) is 28.4. The Balaban J connectivity index is 2.44. The minimum atomic E-state index is -1.15. The third kappa shape index (κ3) is 3.91. The molecule has 6 nitrogen and oxygen atoms in total. The van der Waals surface area contributed by atoms with Crippen molar-refractivity contribution in [2.45, 2.75) is 57.7 Å². The van der Waals surface area contributed by atoms with Gasteiger partial charge in [-0.25, -0.2) is 0 Å². The van der Waals surface area contributed by atoms with Crippen LogP contribution in [0.5, 0.6) is 0 Å². The molecule has 0 spiro atoms. The predicted molar refractivity (Wildman–Crippen MR) is 62.5 cm³/mol. The minimum Gasteiger partial charge on any atom is -0.463 e. The van der Waals surface area contributed by atoms with Crippen LogP contribution in [0.3, 0.4) is 0 Å². The molecular formula is C12H22O6. The van der Waals surface area contributed by atoms with Crippen LogP contribution in [0.25, 0.3) is 0 Å². The Kier molecular flexibility index (Phi) is 6.01. The van der Waals surface area contributed by atoms with Gasteiger partial charge in [-0.3, -0.25) is 4.79 Å². The van der Waals surface area contributed by atoms with E-state index in [2.05, 4.69) is 0 Å². The van der Waals surface area contributed by atoms with Crippen molar-refractivity contribution in [2.24, 2.45) is 5.92 Å². The molecule has 3 N–H and O–H groups in total. The van der Waals surface area contributed by atoms with Crippen LogP contribution in [0.1, 0.15) is 33.1 Å². The van der Waals surface area contributed by atoms with E-state index in [0.717, 1.165) is 0 Å². The fourth-order valence-corrected chi connectivity index (χ4v) is 1.97. The summed E-state index contributed by atoms with van der Waals surface area (Å²) < 4.78 is 10.1. The van der Waals surface area contributed by atoms with E-state index >= 15 is 0 Å². The second-order valence-electron chi connectivity index (χ2n) is 4.57. The molecule has 1 rings (SSSR count). The van der Waals surface area contributed by atoms with Crippen molar-refractivity contribution in [2.75, 3.05) is 6.61 Å². The SMILES string of the molecule is CCC(CC)C(=O)OCC1OC(O)CC(O)C1O. The monoisotopic (exact) mass is 262 g/mol. The zero-order valence-electron chi connectivity index (χ0n) is 10.8. The fourth-order valence-electron chi connectivity index (χ4n) is 1.97. The molecule has 0 aromatic rings. The van der Waals surface area contributed by atoms with E-state index < -0.39 is 24.6 Å². The maximum absolute atomic E-state index is 11.6. The Morgan fingerprint density at radius 1 is 1.33 bits per heavy atom. The topological polar surface area (TPSA) is 96.2 Å². The normalized spacial score (nSPS) is 32.6. The molecule has 1 heterocycles. The van der Waals surface area contributed by atoms with Gasteiger partial charge in [0.25, 0.3) is 0 Å². The number of rotatable bonds is 5. The molecular weight excluding hydrogens is 240 g/mol. The van der Waals surface area contributed by atoms with Gasteiger partial charge < -0.3 is 24.8 Å². The van der Waals surface area contributed by atoms with Crippen LogP contribution in [0.15, 0.2) is 0 Å². The Morgan fingerprint density at radius 2 is 1.94 bits per heavy atom. The Hall–Kier alpha value is -0.690. The van der Waals surface area contributed by atoms with Crippen LogP contribution in [-0.4, -0.2) is 52.5 Å².